The van der Waals surface area contributed by atoms with E-state index < -0.39 is 0 Å². The van der Waals surface area contributed by atoms with Crippen LogP contribution >= 0.6 is 0 Å². The number of hydrogen-bond donors (Lipinski definition) is 2. The SMILES string of the molecule is CC(C)Oc1cncc(NN)c1. The quantitative estimate of drug-likeness (QED) is 0.523. The van der Waals surface area contributed by atoms with Crippen molar-refractivity contribution >= 4 is 5.69 Å². The average Bonchev–Trinajstić information content (AvgIpc) is 2.03. The van der Waals surface area contributed by atoms with E-state index in [2.05, 4.69) is 10.4 Å². The lowest BCUT2D eigenvalue weighted by Crippen LogP contribution is -2.09. The van der Waals surface area contributed by atoms with Gasteiger partial charge in [0.1, 0.15) is 5.75 Å². The van der Waals surface area contributed by atoms with Crippen LogP contribution in [0.5, 0.6) is 5.75 Å². The average molecular weight is 167 g/mol. The highest BCUT2D eigenvalue weighted by Gasteiger charge is 1.98. The predicted molar refractivity (Wildman–Crippen MR) is 47.8 cm³/mol. The van der Waals surface area contributed by atoms with E-state index >= 15 is 0 Å². The molecule has 0 fully saturated rings. The maximum atomic E-state index is 5.40. The number of nitrogen functional groups attached to an aromatic ring is 1. The topological polar surface area (TPSA) is 60.2 Å². The summed E-state index contributed by atoms with van der Waals surface area (Å²) in [6, 6.07) is 1.80. The molecule has 12 heavy (non-hydrogen) atoms. The number of nitrogens with zero attached hydrogens (tertiary/aromatic N) is 1. The summed E-state index contributed by atoms with van der Waals surface area (Å²) in [6.07, 6.45) is 3.44. The van der Waals surface area contributed by atoms with Gasteiger partial charge in [-0.15, -0.1) is 0 Å². The number of ether oxygens (including phenoxy) is 1. The lowest BCUT2D eigenvalue weighted by atomic mass is 10.4. The zero-order valence-corrected chi connectivity index (χ0v) is 7.24. The van der Waals surface area contributed by atoms with Crippen molar-refractivity contribution in [1.29, 1.82) is 0 Å². The summed E-state index contributed by atoms with van der Waals surface area (Å²) < 4.78 is 5.40. The number of aromatic nitrogens is 1. The Bertz CT molecular complexity index is 250. The van der Waals surface area contributed by atoms with Gasteiger partial charge in [-0.1, -0.05) is 0 Å². The molecule has 0 unspecified atom stereocenters. The molecular weight excluding hydrogens is 154 g/mol. The molecule has 0 atom stereocenters. The lowest BCUT2D eigenvalue weighted by Gasteiger charge is -2.09. The first-order chi connectivity index (χ1) is 5.72. The lowest BCUT2D eigenvalue weighted by molar-refractivity contribution is 0.241. The molecule has 0 aliphatic rings. The van der Waals surface area contributed by atoms with Gasteiger partial charge in [-0.2, -0.15) is 0 Å². The van der Waals surface area contributed by atoms with Crippen molar-refractivity contribution in [3.63, 3.8) is 0 Å². The summed E-state index contributed by atoms with van der Waals surface area (Å²) >= 11 is 0. The zero-order chi connectivity index (χ0) is 8.97. The Morgan fingerprint density at radius 2 is 2.25 bits per heavy atom. The van der Waals surface area contributed by atoms with Crippen molar-refractivity contribution in [2.24, 2.45) is 5.84 Å². The standard InChI is InChI=1S/C8H13N3O/c1-6(2)12-8-3-7(11-9)4-10-5-8/h3-6,11H,9H2,1-2H3. The molecule has 0 amide bonds. The molecule has 4 nitrogen and oxygen atoms in total. The summed E-state index contributed by atoms with van der Waals surface area (Å²) in [5.74, 6) is 5.93. The largest absolute Gasteiger partial charge is 0.489 e. The number of rotatable bonds is 3. The van der Waals surface area contributed by atoms with Crippen molar-refractivity contribution in [3.05, 3.63) is 18.5 Å². The van der Waals surface area contributed by atoms with Crippen molar-refractivity contribution in [1.82, 2.24) is 4.98 Å². The molecule has 0 aliphatic heterocycles. The molecule has 0 saturated carbocycles. The molecular formula is C8H13N3O. The second-order valence-corrected chi connectivity index (χ2v) is 2.72. The van der Waals surface area contributed by atoms with Crippen LogP contribution in [-0.4, -0.2) is 11.1 Å². The van der Waals surface area contributed by atoms with E-state index in [1.807, 2.05) is 13.8 Å². The van der Waals surface area contributed by atoms with Gasteiger partial charge in [-0.3, -0.25) is 10.8 Å². The number of anilines is 1. The van der Waals surface area contributed by atoms with E-state index in [4.69, 9.17) is 10.6 Å². The van der Waals surface area contributed by atoms with Crippen molar-refractivity contribution < 1.29 is 4.74 Å². The van der Waals surface area contributed by atoms with Gasteiger partial charge in [0, 0.05) is 6.07 Å². The van der Waals surface area contributed by atoms with E-state index in [1.54, 1.807) is 18.5 Å². The van der Waals surface area contributed by atoms with Crippen LogP contribution in [0, 0.1) is 0 Å². The van der Waals surface area contributed by atoms with Crippen LogP contribution in [-0.2, 0) is 0 Å². The molecule has 0 bridgehead atoms. The number of nitrogens with one attached hydrogen (secondary N) is 1. The Labute approximate surface area is 71.7 Å². The van der Waals surface area contributed by atoms with Crippen LogP contribution in [0.25, 0.3) is 0 Å². The molecule has 0 radical (unpaired) electrons. The minimum Gasteiger partial charge on any atom is -0.489 e. The molecule has 1 heterocycles. The van der Waals surface area contributed by atoms with Gasteiger partial charge in [0.25, 0.3) is 0 Å². The van der Waals surface area contributed by atoms with E-state index in [0.717, 1.165) is 11.4 Å². The normalized spacial score (nSPS) is 10.0. The molecule has 4 heteroatoms. The molecule has 0 spiro atoms. The van der Waals surface area contributed by atoms with Gasteiger partial charge >= 0.3 is 0 Å². The minimum atomic E-state index is 0.153. The molecule has 66 valence electrons. The fourth-order valence-electron chi connectivity index (χ4n) is 0.834. The summed E-state index contributed by atoms with van der Waals surface area (Å²) in [5, 5.41) is 0. The fraction of sp³-hybridized carbons (Fsp3) is 0.375. The first-order valence-electron chi connectivity index (χ1n) is 3.80. The van der Waals surface area contributed by atoms with Gasteiger partial charge in [0.15, 0.2) is 0 Å². The number of nitrogens with two attached hydrogens (primary N) is 1. The number of hydrogen-bond acceptors (Lipinski definition) is 4. The van der Waals surface area contributed by atoms with E-state index in [1.165, 1.54) is 0 Å². The van der Waals surface area contributed by atoms with Gasteiger partial charge < -0.3 is 10.2 Å². The first kappa shape index (κ1) is 8.80. The molecule has 1 aromatic rings. The summed E-state index contributed by atoms with van der Waals surface area (Å²) in [5.41, 5.74) is 3.24. The monoisotopic (exact) mass is 167 g/mol. The van der Waals surface area contributed by atoms with Crippen molar-refractivity contribution in [3.8, 4) is 5.75 Å². The maximum Gasteiger partial charge on any atom is 0.140 e. The van der Waals surface area contributed by atoms with E-state index in [0.29, 0.717) is 0 Å². The van der Waals surface area contributed by atoms with Crippen LogP contribution in [0.4, 0.5) is 5.69 Å². The molecule has 0 aliphatic carbocycles. The fourth-order valence-corrected chi connectivity index (χ4v) is 0.834. The van der Waals surface area contributed by atoms with Gasteiger partial charge in [0.05, 0.1) is 24.2 Å². The van der Waals surface area contributed by atoms with Crippen LogP contribution in [0.2, 0.25) is 0 Å². The smallest absolute Gasteiger partial charge is 0.140 e. The predicted octanol–water partition coefficient (Wildman–Crippen LogP) is 1.15. The Balaban J connectivity index is 2.72. The number of hydrazine groups is 1. The Kier molecular flexibility index (Phi) is 2.88. The highest BCUT2D eigenvalue weighted by atomic mass is 16.5. The highest BCUT2D eigenvalue weighted by molar-refractivity contribution is 5.43. The zero-order valence-electron chi connectivity index (χ0n) is 7.24. The summed E-state index contributed by atoms with van der Waals surface area (Å²) in [6.45, 7) is 3.92. The first-order valence-corrected chi connectivity index (χ1v) is 3.80. The summed E-state index contributed by atoms with van der Waals surface area (Å²) in [4.78, 5) is 3.94. The van der Waals surface area contributed by atoms with Crippen LogP contribution < -0.4 is 16.0 Å². The molecule has 0 aromatic carbocycles. The second kappa shape index (κ2) is 3.92. The maximum absolute atomic E-state index is 5.40. The Morgan fingerprint density at radius 1 is 1.50 bits per heavy atom. The van der Waals surface area contributed by atoms with E-state index in [-0.39, 0.29) is 6.10 Å². The van der Waals surface area contributed by atoms with Crippen LogP contribution in [0.3, 0.4) is 0 Å². The van der Waals surface area contributed by atoms with Gasteiger partial charge in [0.2, 0.25) is 0 Å². The summed E-state index contributed by atoms with van der Waals surface area (Å²) in [7, 11) is 0. The minimum absolute atomic E-state index is 0.153. The molecule has 1 rings (SSSR count). The molecule has 3 N–H and O–H groups in total. The molecule has 1 aromatic heterocycles. The van der Waals surface area contributed by atoms with Crippen LogP contribution in [0.15, 0.2) is 18.5 Å². The Morgan fingerprint density at radius 3 is 2.83 bits per heavy atom. The third-order valence-electron chi connectivity index (χ3n) is 1.25. The van der Waals surface area contributed by atoms with Crippen molar-refractivity contribution in [2.75, 3.05) is 5.43 Å². The van der Waals surface area contributed by atoms with Crippen molar-refractivity contribution in [2.45, 2.75) is 20.0 Å². The van der Waals surface area contributed by atoms with Gasteiger partial charge in [-0.25, -0.2) is 0 Å². The van der Waals surface area contributed by atoms with Crippen LogP contribution in [0.1, 0.15) is 13.8 Å². The third kappa shape index (κ3) is 2.39. The third-order valence-corrected chi connectivity index (χ3v) is 1.25. The highest BCUT2D eigenvalue weighted by Crippen LogP contribution is 2.15. The second-order valence-electron chi connectivity index (χ2n) is 2.72. The molecule has 0 saturated heterocycles. The Hall–Kier alpha value is -1.29. The van der Waals surface area contributed by atoms with E-state index in [9.17, 15) is 0 Å². The van der Waals surface area contributed by atoms with Gasteiger partial charge in [-0.05, 0) is 13.8 Å². The number of pyridine rings is 1.